The Hall–Kier alpha value is -2.03. The van der Waals surface area contributed by atoms with Crippen LogP contribution in [0.3, 0.4) is 0 Å². The zero-order valence-electron chi connectivity index (χ0n) is 16.9. The first-order valence-electron chi connectivity index (χ1n) is 8.57. The molecule has 9 heteroatoms. The highest BCUT2D eigenvalue weighted by Crippen LogP contribution is 2.08. The summed E-state index contributed by atoms with van der Waals surface area (Å²) in [5.74, 6) is -0.394. The SMILES string of the molecule is COCNC(=O)C(CCCNC(=O)OC(C)(C)C)NC(=O)OC(C)(C)C. The molecule has 0 saturated carbocycles. The molecule has 0 rings (SSSR count). The van der Waals surface area contributed by atoms with Crippen molar-refractivity contribution in [2.45, 2.75) is 71.6 Å². The van der Waals surface area contributed by atoms with E-state index in [0.717, 1.165) is 0 Å². The number of methoxy groups -OCH3 is 1. The monoisotopic (exact) mass is 375 g/mol. The summed E-state index contributed by atoms with van der Waals surface area (Å²) < 4.78 is 15.1. The first-order chi connectivity index (χ1) is 11.8. The van der Waals surface area contributed by atoms with E-state index in [9.17, 15) is 14.4 Å². The van der Waals surface area contributed by atoms with E-state index in [0.29, 0.717) is 19.4 Å². The number of amides is 3. The summed E-state index contributed by atoms with van der Waals surface area (Å²) in [7, 11) is 1.45. The molecule has 0 aliphatic rings. The van der Waals surface area contributed by atoms with Gasteiger partial charge in [-0.1, -0.05) is 0 Å². The van der Waals surface area contributed by atoms with Gasteiger partial charge in [-0.2, -0.15) is 0 Å². The van der Waals surface area contributed by atoms with Crippen LogP contribution in [-0.2, 0) is 19.0 Å². The van der Waals surface area contributed by atoms with Crippen LogP contribution in [-0.4, -0.2) is 55.7 Å². The maximum atomic E-state index is 12.1. The minimum absolute atomic E-state index is 0.0293. The first kappa shape index (κ1) is 24.0. The van der Waals surface area contributed by atoms with Crippen molar-refractivity contribution in [3.05, 3.63) is 0 Å². The molecule has 0 aliphatic heterocycles. The number of carbonyl (C=O) groups excluding carboxylic acids is 3. The molecule has 3 amide bonds. The van der Waals surface area contributed by atoms with Crippen molar-refractivity contribution in [3.8, 4) is 0 Å². The highest BCUT2D eigenvalue weighted by molar-refractivity contribution is 5.85. The Labute approximate surface area is 155 Å². The van der Waals surface area contributed by atoms with Crippen molar-refractivity contribution < 1.29 is 28.6 Å². The van der Waals surface area contributed by atoms with E-state index in [-0.39, 0.29) is 6.73 Å². The van der Waals surface area contributed by atoms with Crippen LogP contribution in [0.1, 0.15) is 54.4 Å². The molecule has 0 bridgehead atoms. The fourth-order valence-electron chi connectivity index (χ4n) is 1.80. The Kier molecular flexibility index (Phi) is 10.0. The fraction of sp³-hybridized carbons (Fsp3) is 0.824. The Morgan fingerprint density at radius 2 is 1.42 bits per heavy atom. The molecule has 152 valence electrons. The number of carbonyl (C=O) groups is 3. The smallest absolute Gasteiger partial charge is 0.408 e. The number of ether oxygens (including phenoxy) is 3. The third kappa shape index (κ3) is 13.3. The highest BCUT2D eigenvalue weighted by atomic mass is 16.6. The molecule has 0 fully saturated rings. The van der Waals surface area contributed by atoms with E-state index in [1.165, 1.54) is 7.11 Å². The molecule has 0 heterocycles. The van der Waals surface area contributed by atoms with Crippen molar-refractivity contribution in [1.82, 2.24) is 16.0 Å². The van der Waals surface area contributed by atoms with Crippen LogP contribution in [0.2, 0.25) is 0 Å². The Balaban J connectivity index is 4.51. The first-order valence-corrected chi connectivity index (χ1v) is 8.57. The molecule has 1 atom stereocenters. The third-order valence-electron chi connectivity index (χ3n) is 2.74. The van der Waals surface area contributed by atoms with E-state index in [1.54, 1.807) is 41.5 Å². The third-order valence-corrected chi connectivity index (χ3v) is 2.74. The maximum absolute atomic E-state index is 12.1. The molecule has 0 aromatic heterocycles. The van der Waals surface area contributed by atoms with Gasteiger partial charge in [0.1, 0.15) is 24.0 Å². The van der Waals surface area contributed by atoms with E-state index in [4.69, 9.17) is 14.2 Å². The van der Waals surface area contributed by atoms with Crippen molar-refractivity contribution in [2.24, 2.45) is 0 Å². The van der Waals surface area contributed by atoms with Gasteiger partial charge in [0.2, 0.25) is 5.91 Å². The van der Waals surface area contributed by atoms with Crippen LogP contribution in [0, 0.1) is 0 Å². The van der Waals surface area contributed by atoms with Gasteiger partial charge in [0.15, 0.2) is 0 Å². The maximum Gasteiger partial charge on any atom is 0.408 e. The van der Waals surface area contributed by atoms with Gasteiger partial charge < -0.3 is 30.2 Å². The Morgan fingerprint density at radius 1 is 0.885 bits per heavy atom. The summed E-state index contributed by atoms with van der Waals surface area (Å²) in [6.07, 6.45) is -0.446. The van der Waals surface area contributed by atoms with Crippen molar-refractivity contribution in [3.63, 3.8) is 0 Å². The summed E-state index contributed by atoms with van der Waals surface area (Å²) in [4.78, 5) is 35.7. The van der Waals surface area contributed by atoms with Crippen molar-refractivity contribution in [1.29, 1.82) is 0 Å². The van der Waals surface area contributed by atoms with Gasteiger partial charge >= 0.3 is 12.2 Å². The van der Waals surface area contributed by atoms with E-state index >= 15 is 0 Å². The van der Waals surface area contributed by atoms with Gasteiger partial charge in [-0.05, 0) is 54.4 Å². The quantitative estimate of drug-likeness (QED) is 0.441. The summed E-state index contributed by atoms with van der Waals surface area (Å²) >= 11 is 0. The van der Waals surface area contributed by atoms with E-state index in [2.05, 4.69) is 16.0 Å². The predicted molar refractivity (Wildman–Crippen MR) is 96.6 cm³/mol. The average Bonchev–Trinajstić information content (AvgIpc) is 2.44. The second-order valence-electron chi connectivity index (χ2n) is 7.74. The van der Waals surface area contributed by atoms with E-state index < -0.39 is 35.3 Å². The highest BCUT2D eigenvalue weighted by Gasteiger charge is 2.24. The molecule has 26 heavy (non-hydrogen) atoms. The standard InChI is InChI=1S/C17H33N3O6/c1-16(2,3)25-14(22)18-10-8-9-12(13(21)19-11-24-7)20-15(23)26-17(4,5)6/h12H,8-11H2,1-7H3,(H,18,22)(H,19,21)(H,20,23). The lowest BCUT2D eigenvalue weighted by atomic mass is 10.1. The van der Waals surface area contributed by atoms with Crippen LogP contribution in [0.5, 0.6) is 0 Å². The predicted octanol–water partition coefficient (Wildman–Crippen LogP) is 1.90. The van der Waals surface area contributed by atoms with Gasteiger partial charge in [0.05, 0.1) is 0 Å². The normalized spacial score (nSPS) is 12.7. The topological polar surface area (TPSA) is 115 Å². The molecule has 0 aromatic carbocycles. The van der Waals surface area contributed by atoms with E-state index in [1.807, 2.05) is 0 Å². The second-order valence-corrected chi connectivity index (χ2v) is 7.74. The number of hydrogen-bond acceptors (Lipinski definition) is 6. The molecule has 1 unspecified atom stereocenters. The van der Waals surface area contributed by atoms with Gasteiger partial charge in [-0.25, -0.2) is 9.59 Å². The minimum Gasteiger partial charge on any atom is -0.444 e. The molecular weight excluding hydrogens is 342 g/mol. The van der Waals surface area contributed by atoms with Gasteiger partial charge in [-0.15, -0.1) is 0 Å². The molecule has 3 N–H and O–H groups in total. The summed E-state index contributed by atoms with van der Waals surface area (Å²) in [6.45, 7) is 10.8. The van der Waals surface area contributed by atoms with Crippen LogP contribution in [0.15, 0.2) is 0 Å². The minimum atomic E-state index is -0.805. The Morgan fingerprint density at radius 3 is 1.92 bits per heavy atom. The Bertz CT molecular complexity index is 468. The molecule has 0 aromatic rings. The zero-order chi connectivity index (χ0) is 20.4. The number of rotatable bonds is 8. The lowest BCUT2D eigenvalue weighted by Gasteiger charge is -2.23. The van der Waals surface area contributed by atoms with Crippen LogP contribution in [0.25, 0.3) is 0 Å². The number of nitrogens with one attached hydrogen (secondary N) is 3. The summed E-state index contributed by atoms with van der Waals surface area (Å²) in [5.41, 5.74) is -1.25. The van der Waals surface area contributed by atoms with Gasteiger partial charge in [-0.3, -0.25) is 4.79 Å². The molecule has 0 radical (unpaired) electrons. The average molecular weight is 375 g/mol. The summed E-state index contributed by atoms with van der Waals surface area (Å²) in [5, 5.41) is 7.68. The van der Waals surface area contributed by atoms with Crippen molar-refractivity contribution in [2.75, 3.05) is 20.4 Å². The lowest BCUT2D eigenvalue weighted by molar-refractivity contribution is -0.124. The number of hydrogen-bond donors (Lipinski definition) is 3. The zero-order valence-corrected chi connectivity index (χ0v) is 16.9. The molecule has 9 nitrogen and oxygen atoms in total. The summed E-state index contributed by atoms with van der Waals surface area (Å²) in [6, 6.07) is -0.805. The van der Waals surface area contributed by atoms with Crippen LogP contribution < -0.4 is 16.0 Å². The molecule has 0 spiro atoms. The van der Waals surface area contributed by atoms with Crippen LogP contribution >= 0.6 is 0 Å². The van der Waals surface area contributed by atoms with Gasteiger partial charge in [0.25, 0.3) is 0 Å². The number of alkyl carbamates (subject to hydrolysis) is 2. The van der Waals surface area contributed by atoms with Crippen molar-refractivity contribution >= 4 is 18.1 Å². The van der Waals surface area contributed by atoms with Crippen LogP contribution in [0.4, 0.5) is 9.59 Å². The lowest BCUT2D eigenvalue weighted by Crippen LogP contribution is -2.48. The molecule has 0 saturated heterocycles. The molecule has 0 aliphatic carbocycles. The van der Waals surface area contributed by atoms with Gasteiger partial charge in [0, 0.05) is 13.7 Å². The fourth-order valence-corrected chi connectivity index (χ4v) is 1.80. The molecular formula is C17H33N3O6. The largest absolute Gasteiger partial charge is 0.444 e. The second kappa shape index (κ2) is 10.8.